The number of hydrogen-bond acceptors (Lipinski definition) is 5. The highest BCUT2D eigenvalue weighted by Crippen LogP contribution is 2.15. The Bertz CT molecular complexity index is 293. The quantitative estimate of drug-likeness (QED) is 0.659. The molecule has 5 nitrogen and oxygen atoms in total. The molecule has 16 heavy (non-hydrogen) atoms. The van der Waals surface area contributed by atoms with E-state index in [0.29, 0.717) is 32.2 Å². The summed E-state index contributed by atoms with van der Waals surface area (Å²) in [6, 6.07) is 1.72. The van der Waals surface area contributed by atoms with E-state index in [1.54, 1.807) is 25.6 Å². The van der Waals surface area contributed by atoms with E-state index in [1.807, 2.05) is 0 Å². The van der Waals surface area contributed by atoms with E-state index >= 15 is 0 Å². The minimum absolute atomic E-state index is 0.0532. The van der Waals surface area contributed by atoms with Gasteiger partial charge in [-0.2, -0.15) is 0 Å². The van der Waals surface area contributed by atoms with Gasteiger partial charge in [-0.25, -0.2) is 0 Å². The molecule has 0 aliphatic carbocycles. The molecule has 0 spiro atoms. The van der Waals surface area contributed by atoms with Crippen LogP contribution in [0.25, 0.3) is 0 Å². The molecule has 0 aliphatic rings. The van der Waals surface area contributed by atoms with Crippen molar-refractivity contribution in [2.24, 2.45) is 0 Å². The predicted molar refractivity (Wildman–Crippen MR) is 58.3 cm³/mol. The van der Waals surface area contributed by atoms with Gasteiger partial charge in [-0.1, -0.05) is 0 Å². The Morgan fingerprint density at radius 1 is 1.25 bits per heavy atom. The zero-order valence-corrected chi connectivity index (χ0v) is 9.39. The lowest BCUT2D eigenvalue weighted by molar-refractivity contribution is 0.0540. The van der Waals surface area contributed by atoms with E-state index in [-0.39, 0.29) is 6.61 Å². The van der Waals surface area contributed by atoms with Crippen molar-refractivity contribution in [3.63, 3.8) is 0 Å². The molecule has 0 atom stereocenters. The molecule has 1 aromatic rings. The lowest BCUT2D eigenvalue weighted by Gasteiger charge is -2.09. The Kier molecular flexibility index (Phi) is 6.48. The standard InChI is InChI=1S/C11H17NO4/c1-14-4-5-15-6-7-16-11-8-12-3-2-10(11)9-13/h2-3,8,13H,4-7,9H2,1H3. The normalized spacial score (nSPS) is 10.4. The van der Waals surface area contributed by atoms with Gasteiger partial charge in [0, 0.05) is 18.9 Å². The Hall–Kier alpha value is -1.17. The molecule has 5 heteroatoms. The second kappa shape index (κ2) is 8.04. The van der Waals surface area contributed by atoms with Crippen LogP contribution in [0.4, 0.5) is 0 Å². The first-order valence-electron chi connectivity index (χ1n) is 5.11. The van der Waals surface area contributed by atoms with Crippen LogP contribution in [-0.4, -0.2) is 43.6 Å². The van der Waals surface area contributed by atoms with Crippen LogP contribution in [0.15, 0.2) is 18.5 Å². The van der Waals surface area contributed by atoms with Gasteiger partial charge in [0.05, 0.1) is 32.6 Å². The van der Waals surface area contributed by atoms with E-state index in [2.05, 4.69) is 4.98 Å². The van der Waals surface area contributed by atoms with Gasteiger partial charge >= 0.3 is 0 Å². The second-order valence-corrected chi connectivity index (χ2v) is 3.10. The van der Waals surface area contributed by atoms with Gasteiger partial charge < -0.3 is 19.3 Å². The molecule has 0 saturated carbocycles. The summed E-state index contributed by atoms with van der Waals surface area (Å²) in [4.78, 5) is 3.92. The van der Waals surface area contributed by atoms with Crippen LogP contribution in [-0.2, 0) is 16.1 Å². The van der Waals surface area contributed by atoms with E-state index in [0.717, 1.165) is 5.56 Å². The first kappa shape index (κ1) is 12.9. The molecule has 90 valence electrons. The van der Waals surface area contributed by atoms with Crippen LogP contribution in [0.2, 0.25) is 0 Å². The maximum Gasteiger partial charge on any atom is 0.143 e. The average molecular weight is 227 g/mol. The summed E-state index contributed by atoms with van der Waals surface area (Å²) in [6.07, 6.45) is 3.20. The van der Waals surface area contributed by atoms with Gasteiger partial charge in [0.25, 0.3) is 0 Å². The van der Waals surface area contributed by atoms with Gasteiger partial charge in [0.15, 0.2) is 0 Å². The molecule has 1 rings (SSSR count). The Morgan fingerprint density at radius 3 is 2.81 bits per heavy atom. The van der Waals surface area contributed by atoms with E-state index in [1.165, 1.54) is 0 Å². The van der Waals surface area contributed by atoms with Crippen molar-refractivity contribution < 1.29 is 19.3 Å². The summed E-state index contributed by atoms with van der Waals surface area (Å²) < 4.78 is 15.5. The smallest absolute Gasteiger partial charge is 0.143 e. The van der Waals surface area contributed by atoms with Gasteiger partial charge in [-0.15, -0.1) is 0 Å². The van der Waals surface area contributed by atoms with Crippen molar-refractivity contribution >= 4 is 0 Å². The second-order valence-electron chi connectivity index (χ2n) is 3.10. The third-order valence-electron chi connectivity index (χ3n) is 1.96. The van der Waals surface area contributed by atoms with Crippen LogP contribution < -0.4 is 4.74 Å². The number of aliphatic hydroxyl groups excluding tert-OH is 1. The molecule has 1 N–H and O–H groups in total. The van der Waals surface area contributed by atoms with E-state index < -0.39 is 0 Å². The van der Waals surface area contributed by atoms with Gasteiger partial charge in [0.1, 0.15) is 12.4 Å². The summed E-state index contributed by atoms with van der Waals surface area (Å²) in [7, 11) is 1.63. The fraction of sp³-hybridized carbons (Fsp3) is 0.545. The molecule has 1 heterocycles. The molecule has 0 aromatic carbocycles. The van der Waals surface area contributed by atoms with E-state index in [4.69, 9.17) is 19.3 Å². The molecular formula is C11H17NO4. The van der Waals surface area contributed by atoms with Crippen LogP contribution in [0, 0.1) is 0 Å². The summed E-state index contributed by atoms with van der Waals surface area (Å²) in [5.74, 6) is 0.598. The third-order valence-corrected chi connectivity index (χ3v) is 1.96. The molecule has 0 amide bonds. The monoisotopic (exact) mass is 227 g/mol. The van der Waals surface area contributed by atoms with Crippen LogP contribution >= 0.6 is 0 Å². The van der Waals surface area contributed by atoms with E-state index in [9.17, 15) is 0 Å². The fourth-order valence-electron chi connectivity index (χ4n) is 1.12. The highest BCUT2D eigenvalue weighted by Gasteiger charge is 2.01. The van der Waals surface area contributed by atoms with Crippen molar-refractivity contribution in [1.82, 2.24) is 4.98 Å². The van der Waals surface area contributed by atoms with Crippen molar-refractivity contribution in [3.05, 3.63) is 24.0 Å². The molecule has 0 unspecified atom stereocenters. The maximum absolute atomic E-state index is 9.04. The van der Waals surface area contributed by atoms with Crippen molar-refractivity contribution in [1.29, 1.82) is 0 Å². The van der Waals surface area contributed by atoms with Crippen molar-refractivity contribution in [2.75, 3.05) is 33.5 Å². The van der Waals surface area contributed by atoms with Crippen molar-refractivity contribution in [3.8, 4) is 5.75 Å². The Labute approximate surface area is 95.0 Å². The summed E-state index contributed by atoms with van der Waals surface area (Å²) in [5.41, 5.74) is 0.729. The molecular weight excluding hydrogens is 210 g/mol. The molecule has 0 bridgehead atoms. The van der Waals surface area contributed by atoms with Crippen molar-refractivity contribution in [2.45, 2.75) is 6.61 Å². The summed E-state index contributed by atoms with van der Waals surface area (Å²) in [6.45, 7) is 2.00. The molecule has 0 aliphatic heterocycles. The Morgan fingerprint density at radius 2 is 2.06 bits per heavy atom. The minimum Gasteiger partial charge on any atom is -0.489 e. The van der Waals surface area contributed by atoms with Gasteiger partial charge in [-0.3, -0.25) is 4.98 Å². The largest absolute Gasteiger partial charge is 0.489 e. The fourth-order valence-corrected chi connectivity index (χ4v) is 1.12. The molecule has 0 radical (unpaired) electrons. The Balaban J connectivity index is 2.21. The lowest BCUT2D eigenvalue weighted by Crippen LogP contribution is -2.10. The first-order valence-corrected chi connectivity index (χ1v) is 5.11. The number of pyridine rings is 1. The van der Waals surface area contributed by atoms with Gasteiger partial charge in [-0.05, 0) is 6.07 Å². The number of methoxy groups -OCH3 is 1. The highest BCUT2D eigenvalue weighted by molar-refractivity contribution is 5.28. The predicted octanol–water partition coefficient (Wildman–Crippen LogP) is 0.616. The minimum atomic E-state index is -0.0532. The van der Waals surface area contributed by atoms with Crippen LogP contribution in [0.3, 0.4) is 0 Å². The third kappa shape index (κ3) is 4.57. The molecule has 1 aromatic heterocycles. The average Bonchev–Trinajstić information content (AvgIpc) is 2.34. The van der Waals surface area contributed by atoms with Gasteiger partial charge in [0.2, 0.25) is 0 Å². The zero-order valence-electron chi connectivity index (χ0n) is 9.39. The number of rotatable bonds is 8. The summed E-state index contributed by atoms with van der Waals surface area (Å²) in [5, 5.41) is 9.04. The number of aliphatic hydroxyl groups is 1. The molecule has 0 saturated heterocycles. The first-order chi connectivity index (χ1) is 7.88. The topological polar surface area (TPSA) is 60.8 Å². The number of hydrogen-bond donors (Lipinski definition) is 1. The number of nitrogens with zero attached hydrogens (tertiary/aromatic N) is 1. The number of ether oxygens (including phenoxy) is 3. The zero-order chi connectivity index (χ0) is 11.6. The van der Waals surface area contributed by atoms with Crippen LogP contribution in [0.1, 0.15) is 5.56 Å². The maximum atomic E-state index is 9.04. The van der Waals surface area contributed by atoms with Crippen LogP contribution in [0.5, 0.6) is 5.75 Å². The summed E-state index contributed by atoms with van der Waals surface area (Å²) >= 11 is 0. The highest BCUT2D eigenvalue weighted by atomic mass is 16.5. The lowest BCUT2D eigenvalue weighted by atomic mass is 10.2. The molecule has 0 fully saturated rings. The SMILES string of the molecule is COCCOCCOc1cnccc1CO. The number of aromatic nitrogens is 1.